The van der Waals surface area contributed by atoms with Gasteiger partial charge in [0.05, 0.1) is 85.9 Å². The average Bonchev–Trinajstić information content (AvgIpc) is 1.65. The van der Waals surface area contributed by atoms with Crippen LogP contribution in [0, 0.1) is 20.8 Å². The molecule has 0 spiro atoms. The number of hydrogen-bond donors (Lipinski definition) is 2. The molecule has 1 aliphatic heterocycles. The molecule has 484 valence electrons. The molecule has 0 fully saturated rings. The quantitative estimate of drug-likeness (QED) is 0.0861. The van der Waals surface area contributed by atoms with Crippen LogP contribution in [0.15, 0.2) is 90.1 Å². The fourth-order valence-corrected chi connectivity index (χ4v) is 14.6. The van der Waals surface area contributed by atoms with Crippen LogP contribution in [0.2, 0.25) is 0 Å². The van der Waals surface area contributed by atoms with Crippen LogP contribution in [-0.2, 0) is 58.2 Å². The Labute approximate surface area is 552 Å². The Morgan fingerprint density at radius 1 is 0.511 bits per heavy atom. The molecule has 4 aliphatic rings. The number of nitrogens with zero attached hydrogens (tertiary/aromatic N) is 19. The highest BCUT2D eigenvalue weighted by atomic mass is 32.1. The van der Waals surface area contributed by atoms with Crippen LogP contribution in [0.25, 0.3) is 50.5 Å². The van der Waals surface area contributed by atoms with E-state index in [-0.39, 0.29) is 0 Å². The summed E-state index contributed by atoms with van der Waals surface area (Å²) in [4.78, 5) is 43.6. The maximum Gasteiger partial charge on any atom is 0.264 e. The molecule has 13 heterocycles. The number of anilines is 6. The number of fused-ring (bicyclic) bond motifs is 5. The highest BCUT2D eigenvalue weighted by molar-refractivity contribution is 7.14. The van der Waals surface area contributed by atoms with Crippen molar-refractivity contribution in [3.8, 4) is 68.2 Å². The van der Waals surface area contributed by atoms with Gasteiger partial charge in [0.1, 0.15) is 69.0 Å². The summed E-state index contributed by atoms with van der Waals surface area (Å²) >= 11 is 4.56. The number of pyridine rings is 3. The van der Waals surface area contributed by atoms with Crippen LogP contribution in [0.3, 0.4) is 0 Å². The van der Waals surface area contributed by atoms with Gasteiger partial charge in [-0.25, -0.2) is 67.7 Å². The van der Waals surface area contributed by atoms with Crippen molar-refractivity contribution in [3.63, 3.8) is 0 Å². The number of aryl methyl sites for hydroxylation is 8. The van der Waals surface area contributed by atoms with Gasteiger partial charge in [0.15, 0.2) is 10.3 Å². The number of nitrogens with one attached hydrogen (secondary N) is 2. The van der Waals surface area contributed by atoms with E-state index in [1.165, 1.54) is 57.2 Å². The minimum Gasteiger partial charge on any atom is -0.479 e. The number of hydrogen-bond acceptors (Lipinski definition) is 21. The van der Waals surface area contributed by atoms with E-state index in [9.17, 15) is 8.78 Å². The van der Waals surface area contributed by atoms with Crippen molar-refractivity contribution in [1.29, 1.82) is 0 Å². The maximum atomic E-state index is 13.7. The molecule has 0 radical (unpaired) electrons. The molecule has 94 heavy (non-hydrogen) atoms. The van der Waals surface area contributed by atoms with Crippen molar-refractivity contribution in [1.82, 2.24) is 87.9 Å². The smallest absolute Gasteiger partial charge is 0.264 e. The number of thiazole rings is 3. The first kappa shape index (κ1) is 61.7. The third-order valence-corrected chi connectivity index (χ3v) is 19.0. The lowest BCUT2D eigenvalue weighted by atomic mass is 10.2. The van der Waals surface area contributed by atoms with E-state index in [0.29, 0.717) is 40.0 Å². The lowest BCUT2D eigenvalue weighted by Gasteiger charge is -2.28. The molecule has 12 aromatic heterocycles. The molecule has 2 N–H and O–H groups in total. The summed E-state index contributed by atoms with van der Waals surface area (Å²) in [6.07, 6.45) is 21.4. The lowest BCUT2D eigenvalue weighted by Crippen LogP contribution is -2.29. The van der Waals surface area contributed by atoms with Crippen LogP contribution in [0.1, 0.15) is 90.4 Å². The minimum absolute atomic E-state index is 0.452. The molecule has 16 rings (SSSR count). The Bertz CT molecular complexity index is 4710. The van der Waals surface area contributed by atoms with Gasteiger partial charge in [0.2, 0.25) is 17.6 Å². The van der Waals surface area contributed by atoms with Gasteiger partial charge in [-0.2, -0.15) is 15.3 Å². The number of rotatable bonds is 17. The van der Waals surface area contributed by atoms with E-state index in [0.717, 1.165) is 162 Å². The van der Waals surface area contributed by atoms with Crippen LogP contribution >= 0.6 is 34.0 Å². The Morgan fingerprint density at radius 2 is 0.979 bits per heavy atom. The summed E-state index contributed by atoms with van der Waals surface area (Å²) in [5.74, 6) is 2.57. The van der Waals surface area contributed by atoms with Crippen molar-refractivity contribution in [2.45, 2.75) is 124 Å². The van der Waals surface area contributed by atoms with Crippen molar-refractivity contribution >= 4 is 67.5 Å². The second-order valence-corrected chi connectivity index (χ2v) is 26.0. The summed E-state index contributed by atoms with van der Waals surface area (Å²) < 4.78 is 55.3. The SMILES string of the molecule is CCn1nc2c(c1Nc1nc(-c3ccc(-n4cnc(C)c4)c(OC)n3)cs1)CCC2.COc1nc(-c2csc(Nc3c4c(nn3CC(C)(F)F)CCC4)n2)ccc1-n1cnc(C)c1.COc1nc(-c2nc(N3CCCn4nc5c(c43)CCC5)cs2)ccc1-n1cnc(C)c1. The molecule has 29 heteroatoms. The molecule has 0 aromatic carbocycles. The van der Waals surface area contributed by atoms with E-state index in [4.69, 9.17) is 39.4 Å². The van der Waals surface area contributed by atoms with Gasteiger partial charge in [-0.1, -0.05) is 0 Å². The van der Waals surface area contributed by atoms with E-state index in [1.807, 2.05) is 105 Å². The molecular formula is C65H69F2N21O3S3. The Morgan fingerprint density at radius 3 is 1.46 bits per heavy atom. The molecule has 24 nitrogen and oxygen atoms in total. The van der Waals surface area contributed by atoms with Crippen molar-refractivity contribution in [2.75, 3.05) is 43.4 Å². The van der Waals surface area contributed by atoms with E-state index < -0.39 is 12.5 Å². The number of halogens is 2. The first-order chi connectivity index (χ1) is 45.7. The number of alkyl halides is 2. The monoisotopic (exact) mass is 1330 g/mol. The standard InChI is InChI=1S/C22H23F2N7OS.C22H23N7OS.C21H23N7OS/c1-13-9-30(12-25-13)18-8-7-16(26-20(18)32-3)17-10-33-21(27-17)28-19-14-5-4-6-15(14)29-31(19)11-22(2,23)24;1-14-11-27(13-23-14)18-8-7-17(24-20(18)30-2)21-25-19(12-31-21)28-9-4-10-29-22(28)15-5-3-6-16(15)26-29;1-4-28-19(14-6-5-7-15(14)26-28)25-21-24-17(11-30-21)16-8-9-18(20(23-16)29-3)27-10-13(2)22-12-27/h7-10,12H,4-6,11H2,1-3H3,(H,27,28);7-8,11-13H,3-6,9-10H2,1-2H3;8-12H,4-7H2,1-3H3,(H,24,25). The molecular weight excluding hydrogens is 1260 g/mol. The Hall–Kier alpha value is -9.74. The fourth-order valence-electron chi connectivity index (χ4n) is 12.4. The van der Waals surface area contributed by atoms with Gasteiger partial charge in [-0.15, -0.1) is 34.0 Å². The topological polar surface area (TPSA) is 239 Å². The van der Waals surface area contributed by atoms with Crippen LogP contribution in [0.5, 0.6) is 17.6 Å². The molecule has 3 aliphatic carbocycles. The number of imidazole rings is 3. The largest absolute Gasteiger partial charge is 0.479 e. The third kappa shape index (κ3) is 12.5. The Balaban J connectivity index is 0.000000122. The maximum absolute atomic E-state index is 13.7. The first-order valence-electron chi connectivity index (χ1n) is 31.2. The normalized spacial score (nSPS) is 13.8. The van der Waals surface area contributed by atoms with Gasteiger partial charge in [-0.05, 0) is 128 Å². The summed E-state index contributed by atoms with van der Waals surface area (Å²) in [5.41, 5.74) is 16.1. The van der Waals surface area contributed by atoms with Gasteiger partial charge in [0, 0.05) is 78.0 Å². The summed E-state index contributed by atoms with van der Waals surface area (Å²) in [6, 6.07) is 11.7. The van der Waals surface area contributed by atoms with Gasteiger partial charge < -0.3 is 43.4 Å². The average molecular weight is 1330 g/mol. The molecule has 12 aromatic rings. The molecule has 0 amide bonds. The zero-order valence-corrected chi connectivity index (χ0v) is 55.7. The first-order valence-corrected chi connectivity index (χ1v) is 33.8. The highest BCUT2D eigenvalue weighted by Crippen LogP contribution is 2.41. The summed E-state index contributed by atoms with van der Waals surface area (Å²) in [7, 11) is 4.83. The van der Waals surface area contributed by atoms with E-state index in [1.54, 1.807) is 63.0 Å². The zero-order valence-electron chi connectivity index (χ0n) is 53.3. The Kier molecular flexibility index (Phi) is 17.1. The number of aromatic nitrogens is 18. The van der Waals surface area contributed by atoms with Crippen molar-refractivity contribution in [3.05, 3.63) is 141 Å². The minimum atomic E-state index is -2.86. The number of methoxy groups -OCH3 is 3. The van der Waals surface area contributed by atoms with Crippen LogP contribution in [0.4, 0.5) is 42.3 Å². The second-order valence-electron chi connectivity index (χ2n) is 23.4. The predicted octanol–water partition coefficient (Wildman–Crippen LogP) is 12.9. The van der Waals surface area contributed by atoms with Crippen LogP contribution < -0.4 is 29.7 Å². The van der Waals surface area contributed by atoms with Gasteiger partial charge in [-0.3, -0.25) is 0 Å². The molecule has 0 unspecified atom stereocenters. The van der Waals surface area contributed by atoms with Gasteiger partial charge in [0.25, 0.3) is 5.92 Å². The molecule has 0 bridgehead atoms. The molecule has 0 saturated heterocycles. The zero-order chi connectivity index (χ0) is 64.8. The van der Waals surface area contributed by atoms with E-state index >= 15 is 0 Å². The van der Waals surface area contributed by atoms with Crippen molar-refractivity contribution < 1.29 is 23.0 Å². The van der Waals surface area contributed by atoms with Crippen LogP contribution in [-0.4, -0.2) is 122 Å². The summed E-state index contributed by atoms with van der Waals surface area (Å²) in [5, 5.41) is 29.1. The predicted molar refractivity (Wildman–Crippen MR) is 359 cm³/mol. The lowest BCUT2D eigenvalue weighted by molar-refractivity contribution is 0.00107. The second kappa shape index (κ2) is 26.0. The molecule has 0 atom stereocenters. The summed E-state index contributed by atoms with van der Waals surface area (Å²) in [6.45, 7) is 11.2. The number of ether oxygens (including phenoxy) is 3. The third-order valence-electron chi connectivity index (χ3n) is 16.7. The van der Waals surface area contributed by atoms with Crippen molar-refractivity contribution in [2.24, 2.45) is 0 Å². The highest BCUT2D eigenvalue weighted by Gasteiger charge is 2.32. The fraction of sp³-hybridized carbons (Fsp3) is 0.354. The molecule has 0 saturated carbocycles. The van der Waals surface area contributed by atoms with E-state index in [2.05, 4.69) is 67.5 Å². The van der Waals surface area contributed by atoms with Gasteiger partial charge >= 0.3 is 0 Å².